The van der Waals surface area contributed by atoms with Gasteiger partial charge in [0, 0.05) is 0 Å². The van der Waals surface area contributed by atoms with Gasteiger partial charge in [-0.1, -0.05) is 42.5 Å². The van der Waals surface area contributed by atoms with Crippen LogP contribution in [0.1, 0.15) is 5.56 Å². The van der Waals surface area contributed by atoms with Gasteiger partial charge in [0.2, 0.25) is 0 Å². The Balaban J connectivity index is 1.86. The van der Waals surface area contributed by atoms with Crippen molar-refractivity contribution in [3.63, 3.8) is 0 Å². The summed E-state index contributed by atoms with van der Waals surface area (Å²) in [5, 5.41) is 38.1. The van der Waals surface area contributed by atoms with Crippen LogP contribution < -0.4 is 0 Å². The van der Waals surface area contributed by atoms with Crippen LogP contribution in [0.4, 0.5) is 0 Å². The molecule has 0 spiro atoms. The molecule has 1 aromatic carbocycles. The van der Waals surface area contributed by atoms with Gasteiger partial charge in [0.05, 0.1) is 13.2 Å². The molecule has 1 aromatic rings. The fourth-order valence-corrected chi connectivity index (χ4v) is 2.10. The van der Waals surface area contributed by atoms with Crippen LogP contribution >= 0.6 is 0 Å². The molecule has 6 nitrogen and oxygen atoms in total. The van der Waals surface area contributed by atoms with Gasteiger partial charge in [0.25, 0.3) is 0 Å². The highest BCUT2D eigenvalue weighted by molar-refractivity contribution is 5.48. The maximum Gasteiger partial charge on any atom is 0.187 e. The summed E-state index contributed by atoms with van der Waals surface area (Å²) in [6, 6.07) is 9.62. The number of hydrogen-bond donors (Lipinski definition) is 4. The standard InChI is InChI=1S/C15H20O6/c16-9-11-12(17)13(18)14(19)15(21-11)20-8-4-7-10-5-2-1-3-6-10/h1-7,11-19H,8-9H2/t11-,12-,13+,14-,15+/m1/s1. The molecule has 1 fully saturated rings. The van der Waals surface area contributed by atoms with Crippen LogP contribution in [0.15, 0.2) is 36.4 Å². The average molecular weight is 296 g/mol. The van der Waals surface area contributed by atoms with E-state index in [2.05, 4.69) is 0 Å². The number of rotatable bonds is 5. The molecule has 0 saturated carbocycles. The van der Waals surface area contributed by atoms with E-state index in [4.69, 9.17) is 14.6 Å². The highest BCUT2D eigenvalue weighted by Crippen LogP contribution is 2.21. The normalized spacial score (nSPS) is 33.4. The van der Waals surface area contributed by atoms with E-state index in [9.17, 15) is 15.3 Å². The second-order valence-corrected chi connectivity index (χ2v) is 4.84. The number of ether oxygens (including phenoxy) is 2. The predicted octanol–water partition coefficient (Wildman–Crippen LogP) is -0.484. The molecule has 0 radical (unpaired) electrons. The molecule has 21 heavy (non-hydrogen) atoms. The average Bonchev–Trinajstić information content (AvgIpc) is 2.52. The predicted molar refractivity (Wildman–Crippen MR) is 75.2 cm³/mol. The first-order valence-corrected chi connectivity index (χ1v) is 6.77. The van der Waals surface area contributed by atoms with Gasteiger partial charge in [-0.2, -0.15) is 0 Å². The molecule has 4 N–H and O–H groups in total. The molecule has 0 amide bonds. The van der Waals surface area contributed by atoms with E-state index < -0.39 is 37.3 Å². The Bertz CT molecular complexity index is 447. The summed E-state index contributed by atoms with van der Waals surface area (Å²) in [7, 11) is 0. The summed E-state index contributed by atoms with van der Waals surface area (Å²) < 4.78 is 10.5. The van der Waals surface area contributed by atoms with E-state index in [1.54, 1.807) is 6.08 Å². The fraction of sp³-hybridized carbons (Fsp3) is 0.467. The minimum absolute atomic E-state index is 0.164. The maximum atomic E-state index is 9.77. The molecule has 0 unspecified atom stereocenters. The molecule has 5 atom stereocenters. The number of hydrogen-bond acceptors (Lipinski definition) is 6. The lowest BCUT2D eigenvalue weighted by Crippen LogP contribution is -2.59. The molecule has 1 saturated heterocycles. The lowest BCUT2D eigenvalue weighted by molar-refractivity contribution is -0.298. The van der Waals surface area contributed by atoms with Crippen LogP contribution in [0.25, 0.3) is 6.08 Å². The molecule has 0 bridgehead atoms. The summed E-state index contributed by atoms with van der Waals surface area (Å²) in [5.41, 5.74) is 1.01. The highest BCUT2D eigenvalue weighted by atomic mass is 16.7. The molecular formula is C15H20O6. The zero-order valence-electron chi connectivity index (χ0n) is 11.4. The first kappa shape index (κ1) is 16.1. The SMILES string of the molecule is OC[C@H]1O[C@H](OCC=Cc2ccccc2)[C@H](O)[C@@H](O)[C@@H]1O. The lowest BCUT2D eigenvalue weighted by Gasteiger charge is -2.39. The molecule has 1 aliphatic rings. The van der Waals surface area contributed by atoms with Crippen molar-refractivity contribution in [1.29, 1.82) is 0 Å². The third kappa shape index (κ3) is 4.10. The molecule has 0 aliphatic carbocycles. The minimum atomic E-state index is -1.42. The Kier molecular flexibility index (Phi) is 5.86. The second-order valence-electron chi connectivity index (χ2n) is 4.84. The molecule has 0 aromatic heterocycles. The van der Waals surface area contributed by atoms with Crippen LogP contribution in [-0.4, -0.2) is 64.3 Å². The van der Waals surface area contributed by atoms with Crippen LogP contribution in [-0.2, 0) is 9.47 Å². The van der Waals surface area contributed by atoms with E-state index in [0.717, 1.165) is 5.56 Å². The van der Waals surface area contributed by atoms with Gasteiger partial charge in [-0.25, -0.2) is 0 Å². The maximum absolute atomic E-state index is 9.77. The van der Waals surface area contributed by atoms with E-state index >= 15 is 0 Å². The Morgan fingerprint density at radius 2 is 1.76 bits per heavy atom. The Labute approximate surface area is 122 Å². The van der Waals surface area contributed by atoms with E-state index in [-0.39, 0.29) is 6.61 Å². The van der Waals surface area contributed by atoms with Gasteiger partial charge < -0.3 is 29.9 Å². The van der Waals surface area contributed by atoms with Gasteiger partial charge in [-0.05, 0) is 5.56 Å². The van der Waals surface area contributed by atoms with E-state index in [0.29, 0.717) is 0 Å². The van der Waals surface area contributed by atoms with Gasteiger partial charge >= 0.3 is 0 Å². The Morgan fingerprint density at radius 3 is 2.43 bits per heavy atom. The molecule has 116 valence electrons. The summed E-state index contributed by atoms with van der Waals surface area (Å²) >= 11 is 0. The van der Waals surface area contributed by atoms with Crippen molar-refractivity contribution in [2.24, 2.45) is 0 Å². The molecule has 1 heterocycles. The number of aliphatic hydroxyl groups is 4. The van der Waals surface area contributed by atoms with Gasteiger partial charge in [0.15, 0.2) is 6.29 Å². The zero-order valence-corrected chi connectivity index (χ0v) is 11.4. The van der Waals surface area contributed by atoms with Crippen LogP contribution in [0.3, 0.4) is 0 Å². The van der Waals surface area contributed by atoms with Gasteiger partial charge in [0.1, 0.15) is 24.4 Å². The first-order chi connectivity index (χ1) is 10.1. The van der Waals surface area contributed by atoms with Crippen molar-refractivity contribution in [2.45, 2.75) is 30.7 Å². The van der Waals surface area contributed by atoms with Crippen molar-refractivity contribution in [1.82, 2.24) is 0 Å². The zero-order chi connectivity index (χ0) is 15.2. The van der Waals surface area contributed by atoms with Crippen molar-refractivity contribution in [3.8, 4) is 0 Å². The molecule has 6 heteroatoms. The Morgan fingerprint density at radius 1 is 1.05 bits per heavy atom. The Hall–Kier alpha value is -1.28. The summed E-state index contributed by atoms with van der Waals surface area (Å²) in [5.74, 6) is 0. The van der Waals surface area contributed by atoms with Gasteiger partial charge in [-0.3, -0.25) is 0 Å². The smallest absolute Gasteiger partial charge is 0.187 e. The largest absolute Gasteiger partial charge is 0.394 e. The summed E-state index contributed by atoms with van der Waals surface area (Å²) in [6.45, 7) is -0.303. The fourth-order valence-electron chi connectivity index (χ4n) is 2.10. The third-order valence-electron chi connectivity index (χ3n) is 3.32. The number of aliphatic hydroxyl groups excluding tert-OH is 4. The van der Waals surface area contributed by atoms with Crippen LogP contribution in [0.5, 0.6) is 0 Å². The van der Waals surface area contributed by atoms with Crippen molar-refractivity contribution < 1.29 is 29.9 Å². The summed E-state index contributed by atoms with van der Waals surface area (Å²) in [4.78, 5) is 0. The van der Waals surface area contributed by atoms with Crippen molar-refractivity contribution in [3.05, 3.63) is 42.0 Å². The topological polar surface area (TPSA) is 99.4 Å². The first-order valence-electron chi connectivity index (χ1n) is 6.77. The van der Waals surface area contributed by atoms with E-state index in [1.807, 2.05) is 36.4 Å². The minimum Gasteiger partial charge on any atom is -0.394 e. The number of benzene rings is 1. The lowest BCUT2D eigenvalue weighted by atomic mass is 9.99. The molecule has 1 aliphatic heterocycles. The van der Waals surface area contributed by atoms with Crippen molar-refractivity contribution >= 4 is 6.08 Å². The molecular weight excluding hydrogens is 276 g/mol. The second kappa shape index (κ2) is 7.65. The molecule has 2 rings (SSSR count). The van der Waals surface area contributed by atoms with Crippen LogP contribution in [0, 0.1) is 0 Å². The quantitative estimate of drug-likeness (QED) is 0.585. The third-order valence-corrected chi connectivity index (χ3v) is 3.32. The van der Waals surface area contributed by atoms with E-state index in [1.165, 1.54) is 0 Å². The van der Waals surface area contributed by atoms with Gasteiger partial charge in [-0.15, -0.1) is 0 Å². The monoisotopic (exact) mass is 296 g/mol. The van der Waals surface area contributed by atoms with Crippen LogP contribution in [0.2, 0.25) is 0 Å². The summed E-state index contributed by atoms with van der Waals surface area (Å²) in [6.07, 6.45) is -2.61. The van der Waals surface area contributed by atoms with Crippen molar-refractivity contribution in [2.75, 3.05) is 13.2 Å². The highest BCUT2D eigenvalue weighted by Gasteiger charge is 2.43.